The maximum Gasteiger partial charge on any atom is 0.180 e. The number of thiol groups is 1. The van der Waals surface area contributed by atoms with Crippen LogP contribution in [-0.4, -0.2) is 12.2 Å². The first-order valence-electron chi connectivity index (χ1n) is 3.24. The van der Waals surface area contributed by atoms with Gasteiger partial charge in [-0.3, -0.25) is 0 Å². The van der Waals surface area contributed by atoms with Crippen LogP contribution >= 0.6 is 12.6 Å². The van der Waals surface area contributed by atoms with Crippen molar-refractivity contribution in [3.8, 4) is 0 Å². The van der Waals surface area contributed by atoms with Crippen molar-refractivity contribution in [1.29, 1.82) is 0 Å². The number of aliphatic hydroxyl groups is 1. The van der Waals surface area contributed by atoms with Gasteiger partial charge in [-0.05, 0) is 12.1 Å². The van der Waals surface area contributed by atoms with Crippen molar-refractivity contribution >= 4 is 12.6 Å². The molecule has 11 heavy (non-hydrogen) atoms. The van der Waals surface area contributed by atoms with Gasteiger partial charge >= 0.3 is 0 Å². The van der Waals surface area contributed by atoms with Crippen molar-refractivity contribution in [3.63, 3.8) is 0 Å². The summed E-state index contributed by atoms with van der Waals surface area (Å²) in [4.78, 5) is 0.872. The highest BCUT2D eigenvalue weighted by atomic mass is 32.1. The first kappa shape index (κ1) is 8.59. The Hall–Kier alpha value is -0.510. The van der Waals surface area contributed by atoms with Crippen LogP contribution in [0, 0.1) is 0 Å². The number of hydrogen-bond acceptors (Lipinski definition) is 3. The minimum Gasteiger partial charge on any atom is -0.364 e. The van der Waals surface area contributed by atoms with Crippen LogP contribution in [0.15, 0.2) is 29.2 Å². The van der Waals surface area contributed by atoms with E-state index in [1.165, 1.54) is 7.11 Å². The maximum atomic E-state index is 9.17. The molecule has 1 aromatic carbocycles. The number of rotatable bonds is 2. The zero-order chi connectivity index (χ0) is 8.27. The molecule has 2 nitrogen and oxygen atoms in total. The van der Waals surface area contributed by atoms with Gasteiger partial charge in [-0.25, -0.2) is 0 Å². The minimum atomic E-state index is -0.830. The van der Waals surface area contributed by atoms with E-state index in [-0.39, 0.29) is 0 Å². The van der Waals surface area contributed by atoms with Crippen LogP contribution in [0.3, 0.4) is 0 Å². The summed E-state index contributed by atoms with van der Waals surface area (Å²) in [5.74, 6) is 0. The zero-order valence-electron chi connectivity index (χ0n) is 6.19. The Morgan fingerprint density at radius 3 is 2.36 bits per heavy atom. The molecular formula is C8H10O2S. The third kappa shape index (κ3) is 2.22. The van der Waals surface area contributed by atoms with Gasteiger partial charge in [0.25, 0.3) is 0 Å². The summed E-state index contributed by atoms with van der Waals surface area (Å²) in [6.45, 7) is 0. The average Bonchev–Trinajstić information content (AvgIpc) is 2.05. The molecule has 1 rings (SSSR count). The standard InChI is InChI=1S/C8H10O2S/c1-10-8(9)6-2-4-7(11)5-3-6/h2-5,8-9,11H,1H3. The Balaban J connectivity index is 2.81. The Kier molecular flexibility index (Phi) is 2.93. The maximum absolute atomic E-state index is 9.17. The Morgan fingerprint density at radius 1 is 1.36 bits per heavy atom. The highest BCUT2D eigenvalue weighted by Gasteiger charge is 2.02. The summed E-state index contributed by atoms with van der Waals surface area (Å²) in [5, 5.41) is 9.17. The molecule has 0 spiro atoms. The van der Waals surface area contributed by atoms with E-state index in [2.05, 4.69) is 12.6 Å². The lowest BCUT2D eigenvalue weighted by molar-refractivity contribution is -0.0769. The molecule has 0 aliphatic heterocycles. The largest absolute Gasteiger partial charge is 0.364 e. The molecule has 0 radical (unpaired) electrons. The average molecular weight is 170 g/mol. The highest BCUT2D eigenvalue weighted by Crippen LogP contribution is 2.15. The molecule has 60 valence electrons. The second kappa shape index (κ2) is 3.76. The highest BCUT2D eigenvalue weighted by molar-refractivity contribution is 7.80. The molecule has 0 aromatic heterocycles. The van der Waals surface area contributed by atoms with Gasteiger partial charge < -0.3 is 9.84 Å². The van der Waals surface area contributed by atoms with E-state index in [1.54, 1.807) is 24.3 Å². The predicted octanol–water partition coefficient (Wildman–Crippen LogP) is 1.61. The molecule has 0 fully saturated rings. The van der Waals surface area contributed by atoms with E-state index in [1.807, 2.05) is 0 Å². The van der Waals surface area contributed by atoms with Crippen LogP contribution in [0.2, 0.25) is 0 Å². The number of hydrogen-bond donors (Lipinski definition) is 2. The second-order valence-corrected chi connectivity index (χ2v) is 2.70. The summed E-state index contributed by atoms with van der Waals surface area (Å²) in [6, 6.07) is 7.16. The van der Waals surface area contributed by atoms with Gasteiger partial charge in [0.2, 0.25) is 0 Å². The molecule has 0 bridgehead atoms. The monoisotopic (exact) mass is 170 g/mol. The van der Waals surface area contributed by atoms with Crippen molar-refractivity contribution in [1.82, 2.24) is 0 Å². The smallest absolute Gasteiger partial charge is 0.180 e. The minimum absolute atomic E-state index is 0.741. The molecule has 0 saturated carbocycles. The molecule has 0 amide bonds. The first-order chi connectivity index (χ1) is 5.24. The van der Waals surface area contributed by atoms with Gasteiger partial charge in [-0.1, -0.05) is 12.1 Å². The van der Waals surface area contributed by atoms with Crippen LogP contribution in [0.1, 0.15) is 11.9 Å². The van der Waals surface area contributed by atoms with Gasteiger partial charge in [0.05, 0.1) is 0 Å². The lowest BCUT2D eigenvalue weighted by Gasteiger charge is -2.07. The van der Waals surface area contributed by atoms with E-state index in [4.69, 9.17) is 4.74 Å². The molecule has 0 saturated heterocycles. The normalized spacial score (nSPS) is 13.0. The molecule has 1 unspecified atom stereocenters. The molecule has 0 aliphatic rings. The van der Waals surface area contributed by atoms with Crippen molar-refractivity contribution in [2.45, 2.75) is 11.2 Å². The van der Waals surface area contributed by atoms with Gasteiger partial charge in [0.1, 0.15) is 0 Å². The SMILES string of the molecule is COC(O)c1ccc(S)cc1. The van der Waals surface area contributed by atoms with E-state index >= 15 is 0 Å². The molecule has 1 aromatic rings. The van der Waals surface area contributed by atoms with Crippen molar-refractivity contribution < 1.29 is 9.84 Å². The summed E-state index contributed by atoms with van der Waals surface area (Å²) in [5.41, 5.74) is 0.741. The fourth-order valence-electron chi connectivity index (χ4n) is 0.775. The van der Waals surface area contributed by atoms with Gasteiger partial charge in [0.15, 0.2) is 6.29 Å². The summed E-state index contributed by atoms with van der Waals surface area (Å²) in [6.07, 6.45) is -0.830. The van der Waals surface area contributed by atoms with Crippen molar-refractivity contribution in [3.05, 3.63) is 29.8 Å². The van der Waals surface area contributed by atoms with E-state index < -0.39 is 6.29 Å². The van der Waals surface area contributed by atoms with E-state index in [9.17, 15) is 5.11 Å². The van der Waals surface area contributed by atoms with Crippen molar-refractivity contribution in [2.24, 2.45) is 0 Å². The van der Waals surface area contributed by atoms with Crippen LogP contribution in [0.5, 0.6) is 0 Å². The number of ether oxygens (including phenoxy) is 1. The van der Waals surface area contributed by atoms with E-state index in [0.29, 0.717) is 0 Å². The molecular weight excluding hydrogens is 160 g/mol. The Morgan fingerprint density at radius 2 is 1.91 bits per heavy atom. The molecule has 1 atom stereocenters. The predicted molar refractivity (Wildman–Crippen MR) is 45.7 cm³/mol. The quantitative estimate of drug-likeness (QED) is 0.521. The third-order valence-corrected chi connectivity index (χ3v) is 1.70. The molecule has 0 heterocycles. The van der Waals surface area contributed by atoms with E-state index in [0.717, 1.165) is 10.5 Å². The summed E-state index contributed by atoms with van der Waals surface area (Å²) < 4.78 is 4.71. The lowest BCUT2D eigenvalue weighted by Crippen LogP contribution is -1.98. The molecule has 3 heteroatoms. The van der Waals surface area contributed by atoms with Gasteiger partial charge in [-0.2, -0.15) is 0 Å². The van der Waals surface area contributed by atoms with Gasteiger partial charge in [-0.15, -0.1) is 12.6 Å². The van der Waals surface area contributed by atoms with Crippen LogP contribution in [0.25, 0.3) is 0 Å². The van der Waals surface area contributed by atoms with Gasteiger partial charge in [0, 0.05) is 17.6 Å². The fourth-order valence-corrected chi connectivity index (χ4v) is 0.924. The van der Waals surface area contributed by atoms with Crippen LogP contribution < -0.4 is 0 Å². The summed E-state index contributed by atoms with van der Waals surface area (Å²) >= 11 is 4.11. The first-order valence-corrected chi connectivity index (χ1v) is 3.68. The summed E-state index contributed by atoms with van der Waals surface area (Å²) in [7, 11) is 1.46. The number of methoxy groups -OCH3 is 1. The number of benzene rings is 1. The Labute approximate surface area is 71.2 Å². The lowest BCUT2D eigenvalue weighted by atomic mass is 10.2. The fraction of sp³-hybridized carbons (Fsp3) is 0.250. The van der Waals surface area contributed by atoms with Crippen molar-refractivity contribution in [2.75, 3.05) is 7.11 Å². The second-order valence-electron chi connectivity index (χ2n) is 2.18. The topological polar surface area (TPSA) is 29.5 Å². The molecule has 0 aliphatic carbocycles. The third-order valence-electron chi connectivity index (χ3n) is 1.40. The number of aliphatic hydroxyl groups excluding tert-OH is 1. The van der Waals surface area contributed by atoms with Crippen LogP contribution in [0.4, 0.5) is 0 Å². The molecule has 1 N–H and O–H groups in total. The Bertz CT molecular complexity index is 220. The van der Waals surface area contributed by atoms with Crippen LogP contribution in [-0.2, 0) is 4.74 Å². The zero-order valence-corrected chi connectivity index (χ0v) is 7.08.